The van der Waals surface area contributed by atoms with Gasteiger partial charge in [-0.2, -0.15) is 0 Å². The maximum Gasteiger partial charge on any atom is 0.0164 e. The second kappa shape index (κ2) is 4.38. The van der Waals surface area contributed by atoms with Gasteiger partial charge in [-0.1, -0.05) is 30.7 Å². The van der Waals surface area contributed by atoms with E-state index < -0.39 is 0 Å². The molecule has 1 aromatic rings. The molecule has 3 unspecified atom stereocenters. The summed E-state index contributed by atoms with van der Waals surface area (Å²) in [7, 11) is 2.34. The van der Waals surface area contributed by atoms with Crippen molar-refractivity contribution < 1.29 is 0 Å². The number of rotatable bonds is 1. The number of hydrogen-bond donors (Lipinski definition) is 0. The van der Waals surface area contributed by atoms with Crippen LogP contribution in [0.2, 0.25) is 0 Å². The van der Waals surface area contributed by atoms with Gasteiger partial charge in [0.25, 0.3) is 0 Å². The molecule has 1 aliphatic carbocycles. The topological polar surface area (TPSA) is 3.24 Å². The van der Waals surface area contributed by atoms with E-state index in [0.29, 0.717) is 11.5 Å². The summed E-state index contributed by atoms with van der Waals surface area (Å²) in [6.45, 7) is 4.73. The van der Waals surface area contributed by atoms with Crippen molar-refractivity contribution in [1.29, 1.82) is 0 Å². The Bertz CT molecular complexity index is 435. The molecular formula is C17H25N. The molecule has 0 radical (unpaired) electrons. The Kier molecular flexibility index (Phi) is 2.97. The first-order valence-corrected chi connectivity index (χ1v) is 7.43. The van der Waals surface area contributed by atoms with Gasteiger partial charge in [-0.3, -0.25) is 4.90 Å². The lowest BCUT2D eigenvalue weighted by atomic mass is 9.66. The average Bonchev–Trinajstić information content (AvgIpc) is 2.66. The van der Waals surface area contributed by atoms with Gasteiger partial charge in [0.2, 0.25) is 0 Å². The summed E-state index contributed by atoms with van der Waals surface area (Å²) < 4.78 is 0. The molecule has 4 rings (SSSR count). The van der Waals surface area contributed by atoms with Crippen LogP contribution in [0.1, 0.15) is 50.2 Å². The summed E-state index contributed by atoms with van der Waals surface area (Å²) in [5, 5.41) is 0. The minimum Gasteiger partial charge on any atom is -0.300 e. The van der Waals surface area contributed by atoms with Crippen LogP contribution in [0.5, 0.6) is 0 Å². The third kappa shape index (κ3) is 1.64. The molecule has 3 aliphatic rings. The molecule has 2 saturated heterocycles. The number of likely N-dealkylation sites (N-methyl/N-ethyl adjacent to an activating group) is 1. The zero-order valence-electron chi connectivity index (χ0n) is 11.9. The van der Waals surface area contributed by atoms with Crippen molar-refractivity contribution in [3.63, 3.8) is 0 Å². The molecule has 1 heteroatoms. The molecule has 0 amide bonds. The summed E-state index contributed by atoms with van der Waals surface area (Å²) in [4.78, 5) is 2.66. The number of aryl methyl sites for hydroxylation is 1. The molecule has 1 nitrogen and oxygen atoms in total. The lowest BCUT2D eigenvalue weighted by Crippen LogP contribution is -2.53. The molecule has 3 fully saturated rings. The van der Waals surface area contributed by atoms with E-state index in [2.05, 4.69) is 50.1 Å². The molecule has 3 atom stereocenters. The number of nitrogens with zero attached hydrogens (tertiary/aromatic N) is 1. The van der Waals surface area contributed by atoms with Crippen LogP contribution in [0.4, 0.5) is 0 Å². The van der Waals surface area contributed by atoms with E-state index in [1.807, 2.05) is 0 Å². The van der Waals surface area contributed by atoms with Crippen LogP contribution in [-0.4, -0.2) is 24.0 Å². The summed E-state index contributed by atoms with van der Waals surface area (Å²) in [5.41, 5.74) is 3.51. The van der Waals surface area contributed by atoms with Gasteiger partial charge in [0.1, 0.15) is 0 Å². The van der Waals surface area contributed by atoms with E-state index in [4.69, 9.17) is 0 Å². The standard InChI is InChI=1S/C17H25N/c1-13-7-4-5-9-16(13)17-11-6-8-15(10-12-17)18(3)14(17)2/h4-5,7,9,14-15H,6,8,10-12H2,1-3H3. The van der Waals surface area contributed by atoms with Gasteiger partial charge >= 0.3 is 0 Å². The van der Waals surface area contributed by atoms with Crippen molar-refractivity contribution in [2.24, 2.45) is 0 Å². The van der Waals surface area contributed by atoms with Gasteiger partial charge in [-0.25, -0.2) is 0 Å². The fourth-order valence-electron chi connectivity index (χ4n) is 4.50. The normalized spacial score (nSPS) is 36.6. The van der Waals surface area contributed by atoms with Crippen LogP contribution in [0.25, 0.3) is 0 Å². The van der Waals surface area contributed by atoms with Gasteiger partial charge in [0, 0.05) is 17.5 Å². The Morgan fingerprint density at radius 2 is 1.94 bits per heavy atom. The van der Waals surface area contributed by atoms with Gasteiger partial charge in [-0.15, -0.1) is 0 Å². The highest BCUT2D eigenvalue weighted by Gasteiger charge is 2.47. The molecule has 2 bridgehead atoms. The fraction of sp³-hybridized carbons (Fsp3) is 0.647. The minimum atomic E-state index is 0.410. The molecule has 2 aliphatic heterocycles. The maximum atomic E-state index is 2.66. The Hall–Kier alpha value is -0.820. The van der Waals surface area contributed by atoms with E-state index in [9.17, 15) is 0 Å². The van der Waals surface area contributed by atoms with E-state index in [1.54, 1.807) is 5.56 Å². The third-order valence-electron chi connectivity index (χ3n) is 5.75. The monoisotopic (exact) mass is 243 g/mol. The van der Waals surface area contributed by atoms with Crippen molar-refractivity contribution in [2.75, 3.05) is 7.05 Å². The predicted octanol–water partition coefficient (Wildman–Crippen LogP) is 3.90. The SMILES string of the molecule is Cc1ccccc1C12CCCC(CC1)N(C)C2C. The summed E-state index contributed by atoms with van der Waals surface area (Å²) in [6.07, 6.45) is 6.94. The van der Waals surface area contributed by atoms with Crippen LogP contribution in [-0.2, 0) is 5.41 Å². The quantitative estimate of drug-likeness (QED) is 0.723. The van der Waals surface area contributed by atoms with Crippen LogP contribution < -0.4 is 0 Å². The Labute approximate surface area is 111 Å². The van der Waals surface area contributed by atoms with Gasteiger partial charge in [0.05, 0.1) is 0 Å². The third-order valence-corrected chi connectivity index (χ3v) is 5.75. The maximum absolute atomic E-state index is 2.66. The molecule has 0 aromatic heterocycles. The van der Waals surface area contributed by atoms with E-state index in [1.165, 1.54) is 37.7 Å². The van der Waals surface area contributed by atoms with Crippen molar-refractivity contribution >= 4 is 0 Å². The molecule has 98 valence electrons. The zero-order valence-corrected chi connectivity index (χ0v) is 11.9. The highest BCUT2D eigenvalue weighted by atomic mass is 15.2. The van der Waals surface area contributed by atoms with Crippen LogP contribution in [0.3, 0.4) is 0 Å². The minimum absolute atomic E-state index is 0.410. The second-order valence-electron chi connectivity index (χ2n) is 6.40. The smallest absolute Gasteiger partial charge is 0.0164 e. The van der Waals surface area contributed by atoms with Gasteiger partial charge in [0.15, 0.2) is 0 Å². The Morgan fingerprint density at radius 1 is 1.17 bits per heavy atom. The largest absolute Gasteiger partial charge is 0.300 e. The Morgan fingerprint density at radius 3 is 2.72 bits per heavy atom. The van der Waals surface area contributed by atoms with Crippen molar-refractivity contribution in [2.45, 2.75) is 63.5 Å². The summed E-state index contributed by atoms with van der Waals surface area (Å²) in [6, 6.07) is 10.6. The number of piperidine rings is 1. The second-order valence-corrected chi connectivity index (χ2v) is 6.40. The summed E-state index contributed by atoms with van der Waals surface area (Å²) >= 11 is 0. The van der Waals surface area contributed by atoms with Crippen molar-refractivity contribution in [3.8, 4) is 0 Å². The van der Waals surface area contributed by atoms with Crippen molar-refractivity contribution in [3.05, 3.63) is 35.4 Å². The first-order chi connectivity index (χ1) is 8.65. The predicted molar refractivity (Wildman–Crippen MR) is 77.0 cm³/mol. The number of fused-ring (bicyclic) bond motifs is 4. The molecule has 0 spiro atoms. The molecule has 2 heterocycles. The van der Waals surface area contributed by atoms with E-state index in [-0.39, 0.29) is 0 Å². The van der Waals surface area contributed by atoms with E-state index in [0.717, 1.165) is 6.04 Å². The van der Waals surface area contributed by atoms with Gasteiger partial charge < -0.3 is 0 Å². The highest BCUT2D eigenvalue weighted by Crippen LogP contribution is 2.48. The van der Waals surface area contributed by atoms with Crippen LogP contribution in [0.15, 0.2) is 24.3 Å². The average molecular weight is 243 g/mol. The lowest BCUT2D eigenvalue weighted by Gasteiger charge is -2.49. The molecule has 18 heavy (non-hydrogen) atoms. The number of hydrogen-bond acceptors (Lipinski definition) is 1. The van der Waals surface area contributed by atoms with Gasteiger partial charge in [-0.05, 0) is 57.7 Å². The van der Waals surface area contributed by atoms with Crippen molar-refractivity contribution in [1.82, 2.24) is 4.90 Å². The molecular weight excluding hydrogens is 218 g/mol. The van der Waals surface area contributed by atoms with E-state index >= 15 is 0 Å². The molecule has 0 N–H and O–H groups in total. The highest BCUT2D eigenvalue weighted by molar-refractivity contribution is 5.36. The first kappa shape index (κ1) is 12.2. The number of benzene rings is 1. The zero-order chi connectivity index (χ0) is 12.8. The lowest BCUT2D eigenvalue weighted by molar-refractivity contribution is 0.0678. The summed E-state index contributed by atoms with van der Waals surface area (Å²) in [5.74, 6) is 0. The Balaban J connectivity index is 2.09. The molecule has 1 aromatic carbocycles. The van der Waals surface area contributed by atoms with Crippen LogP contribution >= 0.6 is 0 Å². The molecule has 1 saturated carbocycles. The fourth-order valence-corrected chi connectivity index (χ4v) is 4.50. The first-order valence-electron chi connectivity index (χ1n) is 7.43. The van der Waals surface area contributed by atoms with Crippen LogP contribution in [0, 0.1) is 6.92 Å².